The van der Waals surface area contributed by atoms with Crippen molar-refractivity contribution in [3.8, 4) is 5.75 Å². The number of benzene rings is 1. The van der Waals surface area contributed by atoms with Gasteiger partial charge in [-0.2, -0.15) is 0 Å². The van der Waals surface area contributed by atoms with E-state index in [1.807, 2.05) is 31.3 Å². The Morgan fingerprint density at radius 1 is 1.30 bits per heavy atom. The lowest BCUT2D eigenvalue weighted by Gasteiger charge is -2.26. The van der Waals surface area contributed by atoms with Crippen LogP contribution in [0.15, 0.2) is 51.9 Å². The summed E-state index contributed by atoms with van der Waals surface area (Å²) in [4.78, 5) is 17.1. The zero-order valence-corrected chi connectivity index (χ0v) is 12.8. The second-order valence-electron chi connectivity index (χ2n) is 5.92. The van der Waals surface area contributed by atoms with E-state index in [1.165, 1.54) is 11.0 Å². The molecule has 1 aromatic carbocycles. The van der Waals surface area contributed by atoms with E-state index in [0.29, 0.717) is 12.3 Å². The van der Waals surface area contributed by atoms with E-state index in [4.69, 9.17) is 9.15 Å². The van der Waals surface area contributed by atoms with Crippen LogP contribution < -0.4 is 15.3 Å². The summed E-state index contributed by atoms with van der Waals surface area (Å²) in [5, 5.41) is 0.967. The Kier molecular flexibility index (Phi) is 3.35. The fraction of sp³-hybridized carbons (Fsp3) is 0.222. The standard InChI is InChI=1S/C18H16N2O3/c1-12-7-17(21)23-18-14(12)4-5-16-15(18)10-20(11-22-16)9-13-3-2-6-19-8-13/h2-8H,9-11H2,1H3/p+1. The second kappa shape index (κ2) is 5.52. The highest BCUT2D eigenvalue weighted by Crippen LogP contribution is 2.29. The van der Waals surface area contributed by atoms with Crippen molar-refractivity contribution in [2.24, 2.45) is 0 Å². The fourth-order valence-electron chi connectivity index (χ4n) is 3.11. The lowest BCUT2D eigenvalue weighted by Crippen LogP contribution is -3.10. The summed E-state index contributed by atoms with van der Waals surface area (Å²) in [7, 11) is 0. The number of fused-ring (bicyclic) bond motifs is 3. The van der Waals surface area contributed by atoms with Gasteiger partial charge in [0.25, 0.3) is 0 Å². The molecule has 0 saturated heterocycles. The Morgan fingerprint density at radius 2 is 2.22 bits per heavy atom. The van der Waals surface area contributed by atoms with Crippen molar-refractivity contribution in [2.45, 2.75) is 20.0 Å². The minimum Gasteiger partial charge on any atom is -0.445 e. The molecule has 0 radical (unpaired) electrons. The van der Waals surface area contributed by atoms with Crippen LogP contribution in [-0.4, -0.2) is 11.7 Å². The minimum absolute atomic E-state index is 0.317. The first-order valence-corrected chi connectivity index (χ1v) is 7.62. The Labute approximate surface area is 133 Å². The number of aromatic nitrogens is 1. The maximum Gasteiger partial charge on any atom is 0.336 e. The first kappa shape index (κ1) is 14.0. The summed E-state index contributed by atoms with van der Waals surface area (Å²) < 4.78 is 11.4. The van der Waals surface area contributed by atoms with Crippen molar-refractivity contribution in [3.05, 3.63) is 69.8 Å². The molecule has 1 atom stereocenters. The molecular weight excluding hydrogens is 292 g/mol. The van der Waals surface area contributed by atoms with Crippen LogP contribution in [0, 0.1) is 6.92 Å². The molecule has 0 amide bonds. The van der Waals surface area contributed by atoms with Gasteiger partial charge in [-0.1, -0.05) is 6.07 Å². The summed E-state index contributed by atoms with van der Waals surface area (Å²) in [5.74, 6) is 0.807. The quantitative estimate of drug-likeness (QED) is 0.728. The van der Waals surface area contributed by atoms with Crippen LogP contribution >= 0.6 is 0 Å². The van der Waals surface area contributed by atoms with Gasteiger partial charge in [0.1, 0.15) is 18.8 Å². The van der Waals surface area contributed by atoms with E-state index in [0.717, 1.165) is 40.9 Å². The molecule has 0 spiro atoms. The number of nitrogens with one attached hydrogen (secondary N) is 1. The van der Waals surface area contributed by atoms with Gasteiger partial charge < -0.3 is 9.15 Å². The van der Waals surface area contributed by atoms with Gasteiger partial charge in [-0.05, 0) is 30.7 Å². The Hall–Kier alpha value is -2.66. The maximum absolute atomic E-state index is 11.7. The molecule has 5 nitrogen and oxygen atoms in total. The van der Waals surface area contributed by atoms with Crippen molar-refractivity contribution >= 4 is 11.0 Å². The third-order valence-electron chi connectivity index (χ3n) is 4.21. The molecule has 2 aromatic heterocycles. The van der Waals surface area contributed by atoms with Crippen molar-refractivity contribution in [1.29, 1.82) is 0 Å². The number of hydrogen-bond acceptors (Lipinski definition) is 4. The van der Waals surface area contributed by atoms with Gasteiger partial charge in [0, 0.05) is 29.4 Å². The van der Waals surface area contributed by atoms with Crippen LogP contribution in [0.4, 0.5) is 0 Å². The molecule has 0 saturated carbocycles. The van der Waals surface area contributed by atoms with Gasteiger partial charge >= 0.3 is 5.63 Å². The minimum atomic E-state index is -0.317. The van der Waals surface area contributed by atoms with Crippen molar-refractivity contribution < 1.29 is 14.1 Å². The third-order valence-corrected chi connectivity index (χ3v) is 4.21. The third kappa shape index (κ3) is 2.59. The summed E-state index contributed by atoms with van der Waals surface area (Å²) >= 11 is 0. The van der Waals surface area contributed by atoms with E-state index in [-0.39, 0.29) is 5.63 Å². The Balaban J connectivity index is 1.73. The van der Waals surface area contributed by atoms with Crippen molar-refractivity contribution in [3.63, 3.8) is 0 Å². The fourth-order valence-corrected chi connectivity index (χ4v) is 3.11. The van der Waals surface area contributed by atoms with Gasteiger partial charge in [-0.25, -0.2) is 4.79 Å². The average Bonchev–Trinajstić information content (AvgIpc) is 2.55. The number of aryl methyl sites for hydroxylation is 1. The lowest BCUT2D eigenvalue weighted by molar-refractivity contribution is -0.945. The molecule has 1 aliphatic rings. The van der Waals surface area contributed by atoms with E-state index < -0.39 is 0 Å². The molecule has 1 unspecified atom stereocenters. The number of pyridine rings is 1. The molecule has 0 aliphatic carbocycles. The van der Waals surface area contributed by atoms with Gasteiger partial charge in [0.05, 0.1) is 5.56 Å². The molecule has 116 valence electrons. The van der Waals surface area contributed by atoms with Crippen LogP contribution in [0.1, 0.15) is 16.7 Å². The van der Waals surface area contributed by atoms with E-state index in [9.17, 15) is 4.79 Å². The number of ether oxygens (including phenoxy) is 1. The van der Waals surface area contributed by atoms with Crippen LogP contribution in [0.2, 0.25) is 0 Å². The highest BCUT2D eigenvalue weighted by molar-refractivity contribution is 5.84. The largest absolute Gasteiger partial charge is 0.445 e. The van der Waals surface area contributed by atoms with Crippen LogP contribution in [0.25, 0.3) is 11.0 Å². The molecule has 5 heteroatoms. The highest BCUT2D eigenvalue weighted by atomic mass is 16.5. The summed E-state index contributed by atoms with van der Waals surface area (Å²) in [6, 6.07) is 9.44. The number of hydrogen-bond donors (Lipinski definition) is 1. The molecule has 1 N–H and O–H groups in total. The van der Waals surface area contributed by atoms with Crippen LogP contribution in [-0.2, 0) is 13.1 Å². The normalized spacial score (nSPS) is 16.8. The highest BCUT2D eigenvalue weighted by Gasteiger charge is 2.24. The lowest BCUT2D eigenvalue weighted by atomic mass is 10.0. The van der Waals surface area contributed by atoms with E-state index >= 15 is 0 Å². The topological polar surface area (TPSA) is 56.8 Å². The summed E-state index contributed by atoms with van der Waals surface area (Å²) in [6.45, 7) is 4.09. The molecule has 4 rings (SSSR count). The SMILES string of the molecule is Cc1cc(=O)oc2c3c(ccc12)OC[NH+](Cc1cccnc1)C3. The molecule has 23 heavy (non-hydrogen) atoms. The monoisotopic (exact) mass is 309 g/mol. The van der Waals surface area contributed by atoms with E-state index in [2.05, 4.69) is 11.1 Å². The van der Waals surface area contributed by atoms with Gasteiger partial charge in [-0.3, -0.25) is 9.88 Å². The first-order chi connectivity index (χ1) is 11.2. The van der Waals surface area contributed by atoms with Gasteiger partial charge in [0.15, 0.2) is 5.58 Å². The summed E-state index contributed by atoms with van der Waals surface area (Å²) in [5.41, 5.74) is 3.39. The zero-order chi connectivity index (χ0) is 15.8. The molecule has 0 fully saturated rings. The Morgan fingerprint density at radius 3 is 3.04 bits per heavy atom. The zero-order valence-electron chi connectivity index (χ0n) is 12.8. The van der Waals surface area contributed by atoms with Gasteiger partial charge in [-0.15, -0.1) is 0 Å². The number of rotatable bonds is 2. The average molecular weight is 309 g/mol. The summed E-state index contributed by atoms with van der Waals surface area (Å²) in [6.07, 6.45) is 3.64. The van der Waals surface area contributed by atoms with Crippen LogP contribution in [0.3, 0.4) is 0 Å². The number of nitrogens with zero attached hydrogens (tertiary/aromatic N) is 1. The molecule has 3 aromatic rings. The number of quaternary nitrogens is 1. The molecular formula is C18H17N2O3+. The first-order valence-electron chi connectivity index (χ1n) is 7.62. The maximum atomic E-state index is 11.7. The Bertz CT molecular complexity index is 919. The van der Waals surface area contributed by atoms with Crippen LogP contribution in [0.5, 0.6) is 5.75 Å². The predicted molar refractivity (Wildman–Crippen MR) is 85.3 cm³/mol. The second-order valence-corrected chi connectivity index (χ2v) is 5.92. The van der Waals surface area contributed by atoms with Crippen molar-refractivity contribution in [1.82, 2.24) is 4.98 Å². The predicted octanol–water partition coefficient (Wildman–Crippen LogP) is 1.43. The smallest absolute Gasteiger partial charge is 0.336 e. The van der Waals surface area contributed by atoms with E-state index in [1.54, 1.807) is 6.20 Å². The molecule has 0 bridgehead atoms. The van der Waals surface area contributed by atoms with Crippen molar-refractivity contribution in [2.75, 3.05) is 6.73 Å². The molecule has 1 aliphatic heterocycles. The molecule has 3 heterocycles. The van der Waals surface area contributed by atoms with Gasteiger partial charge in [0.2, 0.25) is 6.73 Å².